The third kappa shape index (κ3) is 3.26. The Morgan fingerprint density at radius 2 is 1.84 bits per heavy atom. The quantitative estimate of drug-likeness (QED) is 0.814. The van der Waals surface area contributed by atoms with E-state index in [0.29, 0.717) is 6.61 Å². The normalized spacial score (nSPS) is 38.5. The highest BCUT2D eigenvalue weighted by atomic mass is 16.8. The largest absolute Gasteiger partial charge is 0.394 e. The molecule has 19 heavy (non-hydrogen) atoms. The molecule has 6 heteroatoms. The number of hydrogen-bond donors (Lipinski definition) is 1. The fourth-order valence-corrected chi connectivity index (χ4v) is 2.66. The van der Waals surface area contributed by atoms with Gasteiger partial charge in [0.1, 0.15) is 24.4 Å². The third-order valence-electron chi connectivity index (χ3n) is 3.39. The molecule has 0 bridgehead atoms. The molecule has 4 atom stereocenters. The Bertz CT molecular complexity index is 316. The van der Waals surface area contributed by atoms with Crippen LogP contribution in [0.3, 0.4) is 0 Å². The Kier molecular flexibility index (Phi) is 4.21. The van der Waals surface area contributed by atoms with Crippen LogP contribution in [0.4, 0.5) is 0 Å². The summed E-state index contributed by atoms with van der Waals surface area (Å²) in [5, 5.41) is 9.43. The van der Waals surface area contributed by atoms with Crippen LogP contribution in [0.15, 0.2) is 0 Å². The minimum atomic E-state index is -0.732. The monoisotopic (exact) mass is 276 g/mol. The summed E-state index contributed by atoms with van der Waals surface area (Å²) in [4.78, 5) is 0. The highest BCUT2D eigenvalue weighted by Crippen LogP contribution is 2.35. The van der Waals surface area contributed by atoms with E-state index in [-0.39, 0.29) is 24.9 Å². The molecule has 2 aliphatic heterocycles. The van der Waals surface area contributed by atoms with Gasteiger partial charge in [-0.1, -0.05) is 0 Å². The number of aliphatic hydroxyl groups excluding tert-OH is 1. The average Bonchev–Trinajstić information content (AvgIpc) is 2.80. The van der Waals surface area contributed by atoms with Crippen LogP contribution in [0.2, 0.25) is 0 Å². The minimum absolute atomic E-state index is 0.120. The Labute approximate surface area is 113 Å². The van der Waals surface area contributed by atoms with E-state index in [9.17, 15) is 5.11 Å². The van der Waals surface area contributed by atoms with Crippen LogP contribution in [0, 0.1) is 0 Å². The van der Waals surface area contributed by atoms with Crippen molar-refractivity contribution in [3.63, 3.8) is 0 Å². The molecule has 0 aromatic rings. The van der Waals surface area contributed by atoms with Gasteiger partial charge in [0.25, 0.3) is 0 Å². The molecule has 1 N–H and O–H groups in total. The maximum Gasteiger partial charge on any atom is 0.164 e. The van der Waals surface area contributed by atoms with Gasteiger partial charge in [-0.05, 0) is 27.7 Å². The predicted molar refractivity (Wildman–Crippen MR) is 66.6 cm³/mol. The molecule has 4 unspecified atom stereocenters. The third-order valence-corrected chi connectivity index (χ3v) is 3.39. The van der Waals surface area contributed by atoms with E-state index in [0.717, 1.165) is 0 Å². The van der Waals surface area contributed by atoms with Crippen molar-refractivity contribution in [2.45, 2.75) is 63.7 Å². The van der Waals surface area contributed by atoms with Crippen molar-refractivity contribution in [3.8, 4) is 0 Å². The molecule has 2 rings (SSSR count). The van der Waals surface area contributed by atoms with Gasteiger partial charge in [0.15, 0.2) is 11.6 Å². The molecule has 6 nitrogen and oxygen atoms in total. The van der Waals surface area contributed by atoms with Gasteiger partial charge in [-0.15, -0.1) is 0 Å². The first kappa shape index (κ1) is 15.2. The lowest BCUT2D eigenvalue weighted by molar-refractivity contribution is -0.183. The summed E-state index contributed by atoms with van der Waals surface area (Å²) < 4.78 is 28.4. The van der Waals surface area contributed by atoms with E-state index in [1.54, 1.807) is 7.11 Å². The zero-order valence-corrected chi connectivity index (χ0v) is 12.2. The molecule has 0 amide bonds. The SMILES string of the molecule is COC(C1COC(C)(C)O1)C1OC(C)(C)OC1CO. The number of methoxy groups -OCH3 is 1. The summed E-state index contributed by atoms with van der Waals surface area (Å²) in [7, 11) is 1.60. The first-order valence-electron chi connectivity index (χ1n) is 6.59. The van der Waals surface area contributed by atoms with E-state index < -0.39 is 17.7 Å². The van der Waals surface area contributed by atoms with Gasteiger partial charge in [-0.25, -0.2) is 0 Å². The number of rotatable bonds is 4. The summed E-state index contributed by atoms with van der Waals surface area (Å²) in [5.74, 6) is -1.35. The zero-order valence-electron chi connectivity index (χ0n) is 12.2. The van der Waals surface area contributed by atoms with Crippen molar-refractivity contribution < 1.29 is 28.8 Å². The molecule has 112 valence electrons. The summed E-state index contributed by atoms with van der Waals surface area (Å²) in [6.07, 6.45) is -1.39. The second-order valence-electron chi connectivity index (χ2n) is 5.89. The molecule has 0 aliphatic carbocycles. The number of aliphatic hydroxyl groups is 1. The van der Waals surface area contributed by atoms with Crippen LogP contribution in [-0.2, 0) is 23.7 Å². The maximum absolute atomic E-state index is 9.43. The second kappa shape index (κ2) is 5.27. The van der Waals surface area contributed by atoms with Crippen molar-refractivity contribution >= 4 is 0 Å². The molecular formula is C13H24O6. The summed E-state index contributed by atoms with van der Waals surface area (Å²) in [6.45, 7) is 7.67. The molecule has 0 aromatic heterocycles. The van der Waals surface area contributed by atoms with Crippen molar-refractivity contribution in [2.75, 3.05) is 20.3 Å². The van der Waals surface area contributed by atoms with Crippen molar-refractivity contribution in [1.29, 1.82) is 0 Å². The highest BCUT2D eigenvalue weighted by Gasteiger charge is 2.50. The summed E-state index contributed by atoms with van der Waals surface area (Å²) in [5.41, 5.74) is 0. The van der Waals surface area contributed by atoms with Gasteiger partial charge in [-0.2, -0.15) is 0 Å². The zero-order chi connectivity index (χ0) is 14.3. The van der Waals surface area contributed by atoms with Crippen LogP contribution < -0.4 is 0 Å². The van der Waals surface area contributed by atoms with E-state index >= 15 is 0 Å². The van der Waals surface area contributed by atoms with Gasteiger partial charge < -0.3 is 28.8 Å². The Balaban J connectivity index is 2.09. The Morgan fingerprint density at radius 1 is 1.16 bits per heavy atom. The maximum atomic E-state index is 9.43. The second-order valence-corrected chi connectivity index (χ2v) is 5.89. The van der Waals surface area contributed by atoms with Gasteiger partial charge in [0.2, 0.25) is 0 Å². The standard InChI is InChI=1S/C13H24O6/c1-12(2)16-7-9(18-12)10(15-5)11-8(6-14)17-13(3,4)19-11/h8-11,14H,6-7H2,1-5H3. The lowest BCUT2D eigenvalue weighted by Gasteiger charge is -2.29. The van der Waals surface area contributed by atoms with Gasteiger partial charge >= 0.3 is 0 Å². The summed E-state index contributed by atoms with van der Waals surface area (Å²) >= 11 is 0. The fraction of sp³-hybridized carbons (Fsp3) is 1.00. The van der Waals surface area contributed by atoms with Crippen LogP contribution in [0.25, 0.3) is 0 Å². The first-order chi connectivity index (χ1) is 8.78. The molecule has 0 aromatic carbocycles. The van der Waals surface area contributed by atoms with Crippen LogP contribution >= 0.6 is 0 Å². The smallest absolute Gasteiger partial charge is 0.164 e. The van der Waals surface area contributed by atoms with E-state index in [1.165, 1.54) is 0 Å². The minimum Gasteiger partial charge on any atom is -0.394 e. The highest BCUT2D eigenvalue weighted by molar-refractivity contribution is 4.92. The predicted octanol–water partition coefficient (Wildman–Crippen LogP) is 0.665. The molecule has 2 aliphatic rings. The molecule has 2 saturated heterocycles. The molecule has 0 radical (unpaired) electrons. The Hall–Kier alpha value is -0.240. The molecular weight excluding hydrogens is 252 g/mol. The van der Waals surface area contributed by atoms with Crippen molar-refractivity contribution in [3.05, 3.63) is 0 Å². The lowest BCUT2D eigenvalue weighted by Crippen LogP contribution is -2.47. The van der Waals surface area contributed by atoms with Gasteiger partial charge in [0.05, 0.1) is 13.2 Å². The molecule has 2 heterocycles. The molecule has 2 fully saturated rings. The van der Waals surface area contributed by atoms with E-state index in [2.05, 4.69) is 0 Å². The number of ether oxygens (including phenoxy) is 5. The Morgan fingerprint density at radius 3 is 2.32 bits per heavy atom. The molecule has 0 saturated carbocycles. The van der Waals surface area contributed by atoms with Crippen molar-refractivity contribution in [2.24, 2.45) is 0 Å². The van der Waals surface area contributed by atoms with Crippen LogP contribution in [0.5, 0.6) is 0 Å². The molecule has 0 spiro atoms. The van der Waals surface area contributed by atoms with E-state index in [4.69, 9.17) is 23.7 Å². The first-order valence-corrected chi connectivity index (χ1v) is 6.59. The van der Waals surface area contributed by atoms with Gasteiger partial charge in [0, 0.05) is 7.11 Å². The fourth-order valence-electron chi connectivity index (χ4n) is 2.66. The topological polar surface area (TPSA) is 66.4 Å². The number of hydrogen-bond acceptors (Lipinski definition) is 6. The van der Waals surface area contributed by atoms with E-state index in [1.807, 2.05) is 27.7 Å². The van der Waals surface area contributed by atoms with Gasteiger partial charge in [-0.3, -0.25) is 0 Å². The van der Waals surface area contributed by atoms with Crippen molar-refractivity contribution in [1.82, 2.24) is 0 Å². The summed E-state index contributed by atoms with van der Waals surface area (Å²) in [6, 6.07) is 0. The van der Waals surface area contributed by atoms with Crippen LogP contribution in [0.1, 0.15) is 27.7 Å². The average molecular weight is 276 g/mol. The van der Waals surface area contributed by atoms with Crippen LogP contribution in [-0.4, -0.2) is 61.4 Å². The lowest BCUT2D eigenvalue weighted by atomic mass is 10.0.